The number of nitrogens with one attached hydrogen (secondary N) is 1. The van der Waals surface area contributed by atoms with Crippen LogP contribution in [0.5, 0.6) is 0 Å². The molecule has 7 heteroatoms. The van der Waals surface area contributed by atoms with Crippen LogP contribution in [0.25, 0.3) is 0 Å². The van der Waals surface area contributed by atoms with Gasteiger partial charge in [0, 0.05) is 6.92 Å². The second kappa shape index (κ2) is 6.25. The van der Waals surface area contributed by atoms with Gasteiger partial charge in [-0.2, -0.15) is 5.06 Å². The average molecular weight is 292 g/mol. The summed E-state index contributed by atoms with van der Waals surface area (Å²) in [5, 5.41) is 3.38. The molecule has 1 heterocycles. The fourth-order valence-corrected chi connectivity index (χ4v) is 1.94. The van der Waals surface area contributed by atoms with Crippen LogP contribution in [0.1, 0.15) is 19.4 Å². The molecule has 1 saturated heterocycles. The van der Waals surface area contributed by atoms with E-state index in [0.717, 1.165) is 10.6 Å². The van der Waals surface area contributed by atoms with Crippen molar-refractivity contribution in [1.82, 2.24) is 10.4 Å². The largest absolute Gasteiger partial charge is 0.445 e. The number of alkyl carbamates (subject to hydrolysis) is 1. The topological polar surface area (TPSA) is 84.9 Å². The van der Waals surface area contributed by atoms with E-state index in [1.165, 1.54) is 6.92 Å². The highest BCUT2D eigenvalue weighted by molar-refractivity contribution is 5.92. The van der Waals surface area contributed by atoms with Crippen LogP contribution >= 0.6 is 0 Å². The Morgan fingerprint density at radius 3 is 2.52 bits per heavy atom. The van der Waals surface area contributed by atoms with Crippen LogP contribution in [-0.2, 0) is 25.8 Å². The lowest BCUT2D eigenvalue weighted by molar-refractivity contribution is -0.228. The Labute approximate surface area is 121 Å². The maximum atomic E-state index is 11.7. The number of carbonyl (C=O) groups is 3. The van der Waals surface area contributed by atoms with Crippen molar-refractivity contribution >= 4 is 18.0 Å². The van der Waals surface area contributed by atoms with E-state index in [2.05, 4.69) is 5.32 Å². The monoisotopic (exact) mass is 292 g/mol. The van der Waals surface area contributed by atoms with Crippen LogP contribution in [0.2, 0.25) is 0 Å². The normalized spacial score (nSPS) is 20.5. The molecular formula is C14H16N2O5. The molecule has 7 nitrogen and oxygen atoms in total. The Morgan fingerprint density at radius 2 is 1.95 bits per heavy atom. The Hall–Kier alpha value is -2.57. The van der Waals surface area contributed by atoms with Crippen molar-refractivity contribution in [2.45, 2.75) is 32.5 Å². The highest BCUT2D eigenvalue weighted by Gasteiger charge is 2.48. The Kier molecular flexibility index (Phi) is 4.42. The van der Waals surface area contributed by atoms with Crippen molar-refractivity contribution in [3.05, 3.63) is 35.9 Å². The Balaban J connectivity index is 1.79. The third-order valence-corrected chi connectivity index (χ3v) is 3.05. The predicted octanol–water partition coefficient (Wildman–Crippen LogP) is 0.990. The highest BCUT2D eigenvalue weighted by Crippen LogP contribution is 2.20. The van der Waals surface area contributed by atoms with Gasteiger partial charge in [-0.05, 0) is 12.5 Å². The summed E-state index contributed by atoms with van der Waals surface area (Å²) in [6.07, 6.45) is -0.688. The summed E-state index contributed by atoms with van der Waals surface area (Å²) >= 11 is 0. The van der Waals surface area contributed by atoms with Gasteiger partial charge in [0.2, 0.25) is 0 Å². The standard InChI is InChI=1S/C14H16N2O5/c1-9-12(13(18)16(9)21-10(2)17)15-14(19)20-8-11-6-4-3-5-7-11/h3-7,9,12H,8H2,1-2H3,(H,15,19). The molecule has 0 bridgehead atoms. The third-order valence-electron chi connectivity index (χ3n) is 3.05. The van der Waals surface area contributed by atoms with Crippen molar-refractivity contribution in [2.75, 3.05) is 0 Å². The minimum Gasteiger partial charge on any atom is -0.445 e. The Morgan fingerprint density at radius 1 is 1.29 bits per heavy atom. The molecule has 2 unspecified atom stereocenters. The molecule has 0 aliphatic carbocycles. The summed E-state index contributed by atoms with van der Waals surface area (Å²) in [7, 11) is 0. The number of rotatable bonds is 4. The minimum absolute atomic E-state index is 0.121. The maximum absolute atomic E-state index is 11.7. The van der Waals surface area contributed by atoms with Gasteiger partial charge in [0.05, 0.1) is 6.04 Å². The summed E-state index contributed by atoms with van der Waals surface area (Å²) in [5.74, 6) is -1.06. The second-order valence-electron chi connectivity index (χ2n) is 4.67. The van der Waals surface area contributed by atoms with Gasteiger partial charge < -0.3 is 14.9 Å². The Bertz CT molecular complexity index is 546. The van der Waals surface area contributed by atoms with Crippen molar-refractivity contribution in [3.8, 4) is 0 Å². The summed E-state index contributed by atoms with van der Waals surface area (Å²) < 4.78 is 5.02. The molecule has 1 aromatic rings. The molecule has 0 saturated carbocycles. The van der Waals surface area contributed by atoms with Gasteiger partial charge in [-0.3, -0.25) is 9.59 Å². The van der Waals surface area contributed by atoms with Gasteiger partial charge in [0.25, 0.3) is 5.91 Å². The number of benzene rings is 1. The molecule has 1 fully saturated rings. The van der Waals surface area contributed by atoms with Crippen LogP contribution in [0.4, 0.5) is 4.79 Å². The number of carbonyl (C=O) groups excluding carboxylic acids is 3. The molecule has 1 aromatic carbocycles. The van der Waals surface area contributed by atoms with Gasteiger partial charge >= 0.3 is 12.1 Å². The lowest BCUT2D eigenvalue weighted by Gasteiger charge is -2.42. The van der Waals surface area contributed by atoms with E-state index in [1.54, 1.807) is 6.92 Å². The molecule has 0 spiro atoms. The molecule has 0 aromatic heterocycles. The summed E-state index contributed by atoms with van der Waals surface area (Å²) in [4.78, 5) is 38.8. The van der Waals surface area contributed by atoms with Crippen molar-refractivity contribution < 1.29 is 24.0 Å². The average Bonchev–Trinajstić information content (AvgIpc) is 2.49. The molecule has 1 aliphatic rings. The number of amides is 2. The molecule has 112 valence electrons. The van der Waals surface area contributed by atoms with Gasteiger partial charge in [0.15, 0.2) is 0 Å². The lowest BCUT2D eigenvalue weighted by Crippen LogP contribution is -2.69. The number of ether oxygens (including phenoxy) is 1. The van der Waals surface area contributed by atoms with Crippen molar-refractivity contribution in [2.24, 2.45) is 0 Å². The molecule has 21 heavy (non-hydrogen) atoms. The summed E-state index contributed by atoms with van der Waals surface area (Å²) in [6.45, 7) is 2.98. The molecule has 1 N–H and O–H groups in total. The van der Waals surface area contributed by atoms with E-state index in [4.69, 9.17) is 9.57 Å². The SMILES string of the molecule is CC(=O)ON1C(=O)C(NC(=O)OCc2ccccc2)C1C. The quantitative estimate of drug-likeness (QED) is 0.836. The first-order valence-corrected chi connectivity index (χ1v) is 6.48. The zero-order valence-corrected chi connectivity index (χ0v) is 11.7. The molecule has 2 atom stereocenters. The predicted molar refractivity (Wildman–Crippen MR) is 71.6 cm³/mol. The van der Waals surface area contributed by atoms with Crippen LogP contribution in [-0.4, -0.2) is 35.1 Å². The van der Waals surface area contributed by atoms with E-state index in [-0.39, 0.29) is 6.61 Å². The zero-order valence-electron chi connectivity index (χ0n) is 11.7. The fourth-order valence-electron chi connectivity index (χ4n) is 1.94. The van der Waals surface area contributed by atoms with Crippen molar-refractivity contribution in [1.29, 1.82) is 0 Å². The highest BCUT2D eigenvalue weighted by atomic mass is 16.7. The van der Waals surface area contributed by atoms with E-state index in [0.29, 0.717) is 0 Å². The first-order chi connectivity index (χ1) is 9.99. The van der Waals surface area contributed by atoms with Gasteiger partial charge in [-0.25, -0.2) is 4.79 Å². The second-order valence-corrected chi connectivity index (χ2v) is 4.67. The van der Waals surface area contributed by atoms with E-state index in [9.17, 15) is 14.4 Å². The van der Waals surface area contributed by atoms with E-state index in [1.807, 2.05) is 30.3 Å². The van der Waals surface area contributed by atoms with Gasteiger partial charge in [-0.15, -0.1) is 0 Å². The van der Waals surface area contributed by atoms with Crippen LogP contribution in [0.15, 0.2) is 30.3 Å². The first kappa shape index (κ1) is 14.8. The third kappa shape index (κ3) is 3.50. The molecule has 0 radical (unpaired) electrons. The molecular weight excluding hydrogens is 276 g/mol. The smallest absolute Gasteiger partial charge is 0.408 e. The number of hydrogen-bond acceptors (Lipinski definition) is 5. The molecule has 2 rings (SSSR count). The van der Waals surface area contributed by atoms with Gasteiger partial charge in [0.1, 0.15) is 12.6 Å². The lowest BCUT2D eigenvalue weighted by atomic mass is 10.0. The van der Waals surface area contributed by atoms with Crippen LogP contribution in [0, 0.1) is 0 Å². The van der Waals surface area contributed by atoms with Crippen LogP contribution in [0.3, 0.4) is 0 Å². The van der Waals surface area contributed by atoms with Crippen LogP contribution < -0.4 is 5.32 Å². The number of nitrogens with zero attached hydrogens (tertiary/aromatic N) is 1. The summed E-state index contributed by atoms with van der Waals surface area (Å²) in [5.41, 5.74) is 0.849. The molecule has 1 aliphatic heterocycles. The maximum Gasteiger partial charge on any atom is 0.408 e. The number of hydroxylamine groups is 2. The fraction of sp³-hybridized carbons (Fsp3) is 0.357. The number of hydrogen-bond donors (Lipinski definition) is 1. The zero-order chi connectivity index (χ0) is 15.4. The van der Waals surface area contributed by atoms with Crippen molar-refractivity contribution in [3.63, 3.8) is 0 Å². The first-order valence-electron chi connectivity index (χ1n) is 6.48. The van der Waals surface area contributed by atoms with Gasteiger partial charge in [-0.1, -0.05) is 30.3 Å². The molecule has 2 amide bonds. The summed E-state index contributed by atoms with van der Waals surface area (Å²) in [6, 6.07) is 8.02. The number of β-lactam (4-membered cyclic amide) rings is 1. The minimum atomic E-state index is -0.743. The van der Waals surface area contributed by atoms with E-state index < -0.39 is 30.1 Å². The van der Waals surface area contributed by atoms with E-state index >= 15 is 0 Å².